The monoisotopic (exact) mass is 436 g/mol. The maximum absolute atomic E-state index is 13.1. The number of rotatable bonds is 6. The summed E-state index contributed by atoms with van der Waals surface area (Å²) in [6, 6.07) is 14.2. The van der Waals surface area contributed by atoms with Crippen LogP contribution >= 0.6 is 0 Å². The number of fused-ring (bicyclic) bond motifs is 3. The molecule has 1 N–H and O–H groups in total. The van der Waals surface area contributed by atoms with Gasteiger partial charge in [0, 0.05) is 18.8 Å². The molecule has 1 atom stereocenters. The van der Waals surface area contributed by atoms with Crippen molar-refractivity contribution in [1.82, 2.24) is 10.0 Å². The standard InChI is InChI=1S/C24H24N2O6/c1-14(2)22(23(29)30)26(25-20(27)11-12-21(25)28)24(31)32-13-19-17-9-5-3-7-15(17)16-8-4-6-10-18(16)19/h3-10,14,19,22H,11-13H2,1-2H3,(H,29,30)/t22-/m0/s1. The molecule has 2 aromatic rings. The van der Waals surface area contributed by atoms with Gasteiger partial charge in [0.05, 0.1) is 0 Å². The molecule has 1 aliphatic carbocycles. The van der Waals surface area contributed by atoms with E-state index in [-0.39, 0.29) is 25.4 Å². The molecule has 1 fully saturated rings. The van der Waals surface area contributed by atoms with E-state index >= 15 is 0 Å². The maximum atomic E-state index is 13.1. The van der Waals surface area contributed by atoms with Crippen molar-refractivity contribution in [2.75, 3.05) is 6.61 Å². The first-order valence-corrected chi connectivity index (χ1v) is 10.5. The molecule has 1 saturated heterocycles. The van der Waals surface area contributed by atoms with E-state index in [2.05, 4.69) is 0 Å². The third-order valence-corrected chi connectivity index (χ3v) is 5.91. The van der Waals surface area contributed by atoms with E-state index in [1.807, 2.05) is 48.5 Å². The molecule has 8 heteroatoms. The lowest BCUT2D eigenvalue weighted by Gasteiger charge is -2.35. The van der Waals surface area contributed by atoms with Gasteiger partial charge in [-0.2, -0.15) is 10.0 Å². The van der Waals surface area contributed by atoms with Crippen LogP contribution in [0.1, 0.15) is 43.7 Å². The summed E-state index contributed by atoms with van der Waals surface area (Å²) < 4.78 is 5.57. The Hall–Kier alpha value is -3.68. The normalized spacial score (nSPS) is 16.2. The number of benzene rings is 2. The zero-order valence-corrected chi connectivity index (χ0v) is 17.9. The molecule has 0 bridgehead atoms. The molecule has 1 heterocycles. The molecule has 3 amide bonds. The van der Waals surface area contributed by atoms with Crippen LogP contribution in [0.25, 0.3) is 11.1 Å². The van der Waals surface area contributed by atoms with Crippen molar-refractivity contribution in [2.24, 2.45) is 5.92 Å². The summed E-state index contributed by atoms with van der Waals surface area (Å²) in [6.07, 6.45) is -1.18. The van der Waals surface area contributed by atoms with Crippen molar-refractivity contribution in [3.63, 3.8) is 0 Å². The molecule has 0 aromatic heterocycles. The summed E-state index contributed by atoms with van der Waals surface area (Å²) >= 11 is 0. The summed E-state index contributed by atoms with van der Waals surface area (Å²) in [7, 11) is 0. The molecule has 4 rings (SSSR count). The van der Waals surface area contributed by atoms with Gasteiger partial charge in [-0.1, -0.05) is 62.4 Å². The van der Waals surface area contributed by atoms with E-state index in [0.29, 0.717) is 10.0 Å². The highest BCUT2D eigenvalue weighted by Crippen LogP contribution is 2.44. The Morgan fingerprint density at radius 2 is 1.50 bits per heavy atom. The molecule has 166 valence electrons. The summed E-state index contributed by atoms with van der Waals surface area (Å²) in [6.45, 7) is 3.16. The molecule has 2 aliphatic rings. The van der Waals surface area contributed by atoms with Crippen LogP contribution in [0.2, 0.25) is 0 Å². The van der Waals surface area contributed by atoms with Gasteiger partial charge in [-0.05, 0) is 28.2 Å². The number of carbonyl (C=O) groups is 4. The maximum Gasteiger partial charge on any atom is 0.430 e. The van der Waals surface area contributed by atoms with Gasteiger partial charge < -0.3 is 9.84 Å². The third-order valence-electron chi connectivity index (χ3n) is 5.91. The number of nitrogens with zero attached hydrogens (tertiary/aromatic N) is 2. The van der Waals surface area contributed by atoms with Crippen LogP contribution in [0, 0.1) is 5.92 Å². The lowest BCUT2D eigenvalue weighted by atomic mass is 9.98. The van der Waals surface area contributed by atoms with E-state index in [1.165, 1.54) is 0 Å². The van der Waals surface area contributed by atoms with E-state index in [9.17, 15) is 24.3 Å². The van der Waals surface area contributed by atoms with E-state index in [4.69, 9.17) is 4.74 Å². The highest BCUT2D eigenvalue weighted by Gasteiger charge is 2.45. The summed E-state index contributed by atoms with van der Waals surface area (Å²) in [5, 5.41) is 11.1. The molecule has 0 radical (unpaired) electrons. The molecular formula is C24H24N2O6. The Balaban J connectivity index is 1.63. The first-order valence-electron chi connectivity index (χ1n) is 10.5. The number of carbonyl (C=O) groups excluding carboxylic acids is 3. The average Bonchev–Trinajstić information content (AvgIpc) is 3.26. The van der Waals surface area contributed by atoms with Crippen LogP contribution in [-0.4, -0.2) is 51.6 Å². The van der Waals surface area contributed by atoms with E-state index in [0.717, 1.165) is 22.3 Å². The predicted molar refractivity (Wildman–Crippen MR) is 114 cm³/mol. The smallest absolute Gasteiger partial charge is 0.430 e. The number of ether oxygens (including phenoxy) is 1. The quantitative estimate of drug-likeness (QED) is 0.696. The Labute approximate surface area is 185 Å². The number of carboxylic acids is 1. The Bertz CT molecular complexity index is 1030. The molecule has 0 saturated carbocycles. The van der Waals surface area contributed by atoms with Gasteiger partial charge in [-0.25, -0.2) is 9.59 Å². The summed E-state index contributed by atoms with van der Waals surface area (Å²) in [4.78, 5) is 49.8. The minimum absolute atomic E-state index is 0.0516. The molecular weight excluding hydrogens is 412 g/mol. The first kappa shape index (κ1) is 21.5. The van der Waals surface area contributed by atoms with E-state index in [1.54, 1.807) is 13.8 Å². The Kier molecular flexibility index (Phi) is 5.69. The van der Waals surface area contributed by atoms with Crippen LogP contribution in [0.3, 0.4) is 0 Å². The highest BCUT2D eigenvalue weighted by molar-refractivity contribution is 6.03. The average molecular weight is 436 g/mol. The van der Waals surface area contributed by atoms with Crippen molar-refractivity contribution in [3.8, 4) is 11.1 Å². The van der Waals surface area contributed by atoms with Crippen LogP contribution in [0.5, 0.6) is 0 Å². The van der Waals surface area contributed by atoms with Gasteiger partial charge in [-0.3, -0.25) is 9.59 Å². The number of hydrazine groups is 1. The molecule has 0 spiro atoms. The van der Waals surface area contributed by atoms with Crippen molar-refractivity contribution in [3.05, 3.63) is 59.7 Å². The molecule has 1 aliphatic heterocycles. The van der Waals surface area contributed by atoms with Crippen LogP contribution in [0.4, 0.5) is 4.79 Å². The second-order valence-electron chi connectivity index (χ2n) is 8.27. The lowest BCUT2D eigenvalue weighted by Crippen LogP contribution is -2.58. The number of imide groups is 1. The number of aliphatic carboxylic acids is 1. The topological polar surface area (TPSA) is 104 Å². The van der Waals surface area contributed by atoms with Gasteiger partial charge >= 0.3 is 12.1 Å². The van der Waals surface area contributed by atoms with Crippen molar-refractivity contribution in [1.29, 1.82) is 0 Å². The Morgan fingerprint density at radius 3 is 1.97 bits per heavy atom. The molecule has 0 unspecified atom stereocenters. The fraction of sp³-hybridized carbons (Fsp3) is 0.333. The predicted octanol–water partition coefficient (Wildman–Crippen LogP) is 3.41. The Morgan fingerprint density at radius 1 is 1.00 bits per heavy atom. The van der Waals surface area contributed by atoms with Crippen LogP contribution in [-0.2, 0) is 19.1 Å². The van der Waals surface area contributed by atoms with Crippen molar-refractivity contribution < 1.29 is 29.0 Å². The summed E-state index contributed by atoms with van der Waals surface area (Å²) in [5.41, 5.74) is 4.10. The first-order chi connectivity index (χ1) is 15.3. The van der Waals surface area contributed by atoms with Crippen LogP contribution in [0.15, 0.2) is 48.5 Å². The fourth-order valence-electron chi connectivity index (χ4n) is 4.46. The van der Waals surface area contributed by atoms with Gasteiger partial charge in [-0.15, -0.1) is 0 Å². The third kappa shape index (κ3) is 3.62. The second kappa shape index (κ2) is 8.45. The van der Waals surface area contributed by atoms with Gasteiger partial charge in [0.1, 0.15) is 6.61 Å². The number of hydrogen-bond donors (Lipinski definition) is 1. The SMILES string of the molecule is CC(C)[C@@H](C(=O)O)N(C(=O)OCC1c2ccccc2-c2ccccc21)N1C(=O)CCC1=O. The van der Waals surface area contributed by atoms with Gasteiger partial charge in [0.2, 0.25) is 11.8 Å². The van der Waals surface area contributed by atoms with Crippen LogP contribution < -0.4 is 0 Å². The van der Waals surface area contributed by atoms with Crippen molar-refractivity contribution in [2.45, 2.75) is 38.6 Å². The fourth-order valence-corrected chi connectivity index (χ4v) is 4.46. The minimum Gasteiger partial charge on any atom is -0.480 e. The number of carboxylic acid groups (broad SMARTS) is 1. The highest BCUT2D eigenvalue weighted by atomic mass is 16.6. The number of amides is 3. The minimum atomic E-state index is -1.42. The largest absolute Gasteiger partial charge is 0.480 e. The van der Waals surface area contributed by atoms with Gasteiger partial charge in [0.25, 0.3) is 0 Å². The zero-order valence-electron chi connectivity index (χ0n) is 17.9. The molecule has 2 aromatic carbocycles. The number of hydrogen-bond acceptors (Lipinski definition) is 5. The second-order valence-corrected chi connectivity index (χ2v) is 8.27. The lowest BCUT2D eigenvalue weighted by molar-refractivity contribution is -0.167. The van der Waals surface area contributed by atoms with Crippen molar-refractivity contribution >= 4 is 23.9 Å². The zero-order chi connectivity index (χ0) is 23.0. The van der Waals surface area contributed by atoms with E-state index < -0.39 is 35.8 Å². The molecule has 8 nitrogen and oxygen atoms in total. The molecule has 32 heavy (non-hydrogen) atoms. The van der Waals surface area contributed by atoms with Gasteiger partial charge in [0.15, 0.2) is 6.04 Å². The summed E-state index contributed by atoms with van der Waals surface area (Å²) in [5.74, 6) is -3.35.